The summed E-state index contributed by atoms with van der Waals surface area (Å²) in [5.41, 5.74) is 2.83. The summed E-state index contributed by atoms with van der Waals surface area (Å²) in [6.07, 6.45) is 4.42. The van der Waals surface area contributed by atoms with E-state index >= 15 is 0 Å². The number of hydrogen-bond donors (Lipinski definition) is 1. The van der Waals surface area contributed by atoms with Crippen LogP contribution in [-0.4, -0.2) is 46.3 Å². The fraction of sp³-hybridized carbons (Fsp3) is 0.471. The summed E-state index contributed by atoms with van der Waals surface area (Å²) in [7, 11) is 0. The maximum Gasteiger partial charge on any atom is 0.285 e. The first-order valence-electron chi connectivity index (χ1n) is 8.27. The normalized spacial score (nSPS) is 16.4. The molecule has 0 aromatic carbocycles. The minimum absolute atomic E-state index is 0. The highest BCUT2D eigenvalue weighted by atomic mass is 35.5. The Morgan fingerprint density at radius 2 is 2.04 bits per heavy atom. The van der Waals surface area contributed by atoms with Crippen molar-refractivity contribution in [1.82, 2.24) is 20.1 Å². The fourth-order valence-electron chi connectivity index (χ4n) is 3.27. The molecular weight excluding hydrogens is 358 g/mol. The van der Waals surface area contributed by atoms with Gasteiger partial charge in [-0.3, -0.25) is 14.7 Å². The molecule has 3 heterocycles. The molecule has 1 aliphatic rings. The molecule has 0 bridgehead atoms. The zero-order chi connectivity index (χ0) is 17.1. The molecule has 0 amide bonds. The molecule has 1 atom stereocenters. The molecule has 0 unspecified atom stereocenters. The summed E-state index contributed by atoms with van der Waals surface area (Å²) < 4.78 is 0. The van der Waals surface area contributed by atoms with Crippen LogP contribution in [0.25, 0.3) is 0 Å². The van der Waals surface area contributed by atoms with Crippen LogP contribution in [-0.2, 0) is 6.42 Å². The van der Waals surface area contributed by atoms with Gasteiger partial charge in [0.15, 0.2) is 0 Å². The van der Waals surface area contributed by atoms with Gasteiger partial charge in [0.25, 0.3) is 5.56 Å². The van der Waals surface area contributed by atoms with E-state index in [-0.39, 0.29) is 24.1 Å². The van der Waals surface area contributed by atoms with Crippen LogP contribution in [0.1, 0.15) is 31.1 Å². The molecule has 2 aromatic rings. The number of nitrogens with one attached hydrogen (secondary N) is 1. The summed E-state index contributed by atoms with van der Waals surface area (Å²) in [4.78, 5) is 20.7. The number of piperazine rings is 1. The van der Waals surface area contributed by atoms with Gasteiger partial charge in [0.2, 0.25) is 0 Å². The van der Waals surface area contributed by atoms with Crippen LogP contribution in [0.4, 0.5) is 5.69 Å². The number of pyridine rings is 1. The van der Waals surface area contributed by atoms with Gasteiger partial charge < -0.3 is 4.90 Å². The second-order valence-electron chi connectivity index (χ2n) is 5.99. The van der Waals surface area contributed by atoms with Crippen molar-refractivity contribution >= 4 is 30.8 Å². The van der Waals surface area contributed by atoms with Gasteiger partial charge in [-0.05, 0) is 25.0 Å². The number of hydrogen-bond acceptors (Lipinski definition) is 5. The fourth-order valence-corrected chi connectivity index (χ4v) is 3.48. The molecule has 3 rings (SSSR count). The lowest BCUT2D eigenvalue weighted by Crippen LogP contribution is -2.47. The van der Waals surface area contributed by atoms with Crippen LogP contribution in [0.5, 0.6) is 0 Å². The molecule has 0 aliphatic carbocycles. The zero-order valence-corrected chi connectivity index (χ0v) is 16.3. The number of anilines is 1. The Labute approximate surface area is 159 Å². The van der Waals surface area contributed by atoms with E-state index in [9.17, 15) is 4.79 Å². The zero-order valence-electron chi connectivity index (χ0n) is 14.5. The SMILES string of the molecule is CCc1ncccc1[C@H](C)N1CCN(c2cn[nH]c(=O)c2Cl)CC1.S. The highest BCUT2D eigenvalue weighted by Gasteiger charge is 2.25. The number of H-pyrrole nitrogens is 1. The average Bonchev–Trinajstić information content (AvgIpc) is 2.63. The molecule has 25 heavy (non-hydrogen) atoms. The van der Waals surface area contributed by atoms with E-state index in [0.29, 0.717) is 11.7 Å². The third kappa shape index (κ3) is 4.16. The maximum atomic E-state index is 11.6. The van der Waals surface area contributed by atoms with Crippen LogP contribution >= 0.6 is 25.1 Å². The molecule has 0 saturated carbocycles. The molecular formula is C17H24ClN5OS. The lowest BCUT2D eigenvalue weighted by atomic mass is 10.0. The minimum Gasteiger partial charge on any atom is -0.366 e. The number of aromatic amines is 1. The molecule has 0 spiro atoms. The van der Waals surface area contributed by atoms with Gasteiger partial charge in [-0.1, -0.05) is 24.6 Å². The molecule has 8 heteroatoms. The summed E-state index contributed by atoms with van der Waals surface area (Å²) in [6.45, 7) is 7.81. The predicted molar refractivity (Wildman–Crippen MR) is 106 cm³/mol. The molecule has 0 radical (unpaired) electrons. The molecule has 1 N–H and O–H groups in total. The highest BCUT2D eigenvalue weighted by molar-refractivity contribution is 7.59. The van der Waals surface area contributed by atoms with Crippen molar-refractivity contribution in [3.05, 3.63) is 51.2 Å². The third-order valence-electron chi connectivity index (χ3n) is 4.69. The number of rotatable bonds is 4. The molecule has 1 fully saturated rings. The van der Waals surface area contributed by atoms with E-state index < -0.39 is 0 Å². The van der Waals surface area contributed by atoms with Gasteiger partial charge in [-0.15, -0.1) is 0 Å². The van der Waals surface area contributed by atoms with Crippen molar-refractivity contribution in [2.75, 3.05) is 31.1 Å². The predicted octanol–water partition coefficient (Wildman–Crippen LogP) is 2.38. The van der Waals surface area contributed by atoms with E-state index in [4.69, 9.17) is 11.6 Å². The van der Waals surface area contributed by atoms with Gasteiger partial charge in [0, 0.05) is 44.1 Å². The minimum atomic E-state index is -0.340. The smallest absolute Gasteiger partial charge is 0.285 e. The standard InChI is InChI=1S/C17H22ClN5O.H2S/c1-3-14-13(5-4-6-19-14)12(2)22-7-9-23(10-8-22)15-11-20-21-17(24)16(15)18;/h4-6,11-12H,3,7-10H2,1-2H3,(H,21,24);1H2/t12-;/m0./s1. The summed E-state index contributed by atoms with van der Waals surface area (Å²) in [6, 6.07) is 4.49. The first kappa shape index (κ1) is 19.8. The number of aromatic nitrogens is 3. The third-order valence-corrected chi connectivity index (χ3v) is 5.06. The largest absolute Gasteiger partial charge is 0.366 e. The van der Waals surface area contributed by atoms with Gasteiger partial charge in [0.1, 0.15) is 5.02 Å². The van der Waals surface area contributed by atoms with E-state index in [1.54, 1.807) is 6.20 Å². The lowest BCUT2D eigenvalue weighted by Gasteiger charge is -2.39. The van der Waals surface area contributed by atoms with Crippen molar-refractivity contribution < 1.29 is 0 Å². The first-order chi connectivity index (χ1) is 11.6. The Hall–Kier alpha value is -1.57. The van der Waals surface area contributed by atoms with Crippen molar-refractivity contribution in [3.63, 3.8) is 0 Å². The molecule has 136 valence electrons. The Morgan fingerprint density at radius 3 is 2.72 bits per heavy atom. The van der Waals surface area contributed by atoms with Crippen LogP contribution < -0.4 is 10.5 Å². The maximum absolute atomic E-state index is 11.6. The van der Waals surface area contributed by atoms with Crippen LogP contribution in [0, 0.1) is 0 Å². The Balaban J connectivity index is 0.00000225. The molecule has 2 aromatic heterocycles. The second-order valence-corrected chi connectivity index (χ2v) is 6.37. The Bertz CT molecular complexity index is 761. The summed E-state index contributed by atoms with van der Waals surface area (Å²) in [5.74, 6) is 0. The van der Waals surface area contributed by atoms with Gasteiger partial charge in [0.05, 0.1) is 11.9 Å². The average molecular weight is 382 g/mol. The lowest BCUT2D eigenvalue weighted by molar-refractivity contribution is 0.197. The topological polar surface area (TPSA) is 65.1 Å². The van der Waals surface area contributed by atoms with Crippen molar-refractivity contribution in [2.45, 2.75) is 26.3 Å². The van der Waals surface area contributed by atoms with E-state index in [2.05, 4.69) is 44.9 Å². The first-order valence-corrected chi connectivity index (χ1v) is 8.65. The monoisotopic (exact) mass is 381 g/mol. The molecule has 6 nitrogen and oxygen atoms in total. The van der Waals surface area contributed by atoms with Crippen LogP contribution in [0.2, 0.25) is 5.02 Å². The van der Waals surface area contributed by atoms with Crippen molar-refractivity contribution in [1.29, 1.82) is 0 Å². The van der Waals surface area contributed by atoms with E-state index in [1.807, 2.05) is 12.3 Å². The molecule has 1 aliphatic heterocycles. The van der Waals surface area contributed by atoms with Gasteiger partial charge in [-0.2, -0.15) is 18.6 Å². The second kappa shape index (κ2) is 8.69. The molecule has 1 saturated heterocycles. The van der Waals surface area contributed by atoms with Crippen molar-refractivity contribution in [2.24, 2.45) is 0 Å². The summed E-state index contributed by atoms with van der Waals surface area (Å²) in [5, 5.41) is 6.43. The van der Waals surface area contributed by atoms with Crippen LogP contribution in [0.3, 0.4) is 0 Å². The number of halogens is 1. The summed E-state index contributed by atoms with van der Waals surface area (Å²) >= 11 is 6.11. The number of aryl methyl sites for hydroxylation is 1. The Morgan fingerprint density at radius 1 is 1.32 bits per heavy atom. The van der Waals surface area contributed by atoms with Gasteiger partial charge >= 0.3 is 0 Å². The van der Waals surface area contributed by atoms with Gasteiger partial charge in [-0.25, -0.2) is 5.10 Å². The van der Waals surface area contributed by atoms with E-state index in [1.165, 1.54) is 5.56 Å². The highest BCUT2D eigenvalue weighted by Crippen LogP contribution is 2.27. The van der Waals surface area contributed by atoms with E-state index in [0.717, 1.165) is 38.3 Å². The number of nitrogens with zero attached hydrogens (tertiary/aromatic N) is 4. The quantitative estimate of drug-likeness (QED) is 0.880. The van der Waals surface area contributed by atoms with Crippen molar-refractivity contribution in [3.8, 4) is 0 Å². The Kier molecular flexibility index (Phi) is 6.87. The van der Waals surface area contributed by atoms with Crippen LogP contribution in [0.15, 0.2) is 29.3 Å².